The second-order valence-electron chi connectivity index (χ2n) is 3.10. The second kappa shape index (κ2) is 4.26. The summed E-state index contributed by atoms with van der Waals surface area (Å²) in [6, 6.07) is 3.95. The topological polar surface area (TPSA) is 18.5 Å². The summed E-state index contributed by atoms with van der Waals surface area (Å²) in [5.41, 5.74) is 2.27. The van der Waals surface area contributed by atoms with Crippen LogP contribution in [0.5, 0.6) is 11.5 Å². The van der Waals surface area contributed by atoms with Crippen LogP contribution in [-0.2, 0) is 11.7 Å². The molecule has 1 heterocycles. The Balaban J connectivity index is 2.43. The Labute approximate surface area is 93.1 Å². The van der Waals surface area contributed by atoms with Gasteiger partial charge in [-0.2, -0.15) is 0 Å². The van der Waals surface area contributed by atoms with Gasteiger partial charge in [-0.15, -0.1) is 0 Å². The van der Waals surface area contributed by atoms with E-state index in [1.165, 1.54) is 0 Å². The van der Waals surface area contributed by atoms with E-state index in [-0.39, 0.29) is 0 Å². The lowest BCUT2D eigenvalue weighted by Crippen LogP contribution is -2.16. The van der Waals surface area contributed by atoms with Gasteiger partial charge in [-0.1, -0.05) is 22.3 Å². The minimum Gasteiger partial charge on any atom is -0.486 e. The molecule has 0 unspecified atom stereocenters. The van der Waals surface area contributed by atoms with E-state index in [1.54, 1.807) is 0 Å². The molecule has 0 aromatic heterocycles. The van der Waals surface area contributed by atoms with Crippen LogP contribution in [0.2, 0.25) is 0 Å². The molecule has 2 radical (unpaired) electrons. The molecular weight excluding hydrogens is 243 g/mol. The van der Waals surface area contributed by atoms with E-state index in [0.29, 0.717) is 19.5 Å². The van der Waals surface area contributed by atoms with Crippen molar-refractivity contribution in [3.05, 3.63) is 23.3 Å². The molecule has 0 atom stereocenters. The molecule has 1 aliphatic heterocycles. The molecule has 14 heavy (non-hydrogen) atoms. The first-order valence-electron chi connectivity index (χ1n) is 4.52. The second-order valence-corrected chi connectivity index (χ2v) is 3.66. The monoisotopic (exact) mass is 252 g/mol. The third kappa shape index (κ3) is 1.76. The van der Waals surface area contributed by atoms with Gasteiger partial charge in [-0.05, 0) is 23.3 Å². The molecule has 0 saturated carbocycles. The van der Waals surface area contributed by atoms with Crippen LogP contribution in [0.1, 0.15) is 11.1 Å². The molecule has 2 rings (SSSR count). The van der Waals surface area contributed by atoms with Gasteiger partial charge >= 0.3 is 0 Å². The van der Waals surface area contributed by atoms with E-state index in [2.05, 4.69) is 15.9 Å². The normalized spacial score (nSPS) is 14.1. The molecule has 0 amide bonds. The van der Waals surface area contributed by atoms with Crippen LogP contribution >= 0.6 is 15.9 Å². The molecule has 0 fully saturated rings. The van der Waals surface area contributed by atoms with Crippen LogP contribution in [0.25, 0.3) is 0 Å². The van der Waals surface area contributed by atoms with Gasteiger partial charge in [0, 0.05) is 5.33 Å². The number of hydrogen-bond acceptors (Lipinski definition) is 2. The summed E-state index contributed by atoms with van der Waals surface area (Å²) in [6.45, 7) is 1.24. The highest BCUT2D eigenvalue weighted by atomic mass is 79.9. The highest BCUT2D eigenvalue weighted by Crippen LogP contribution is 2.33. The third-order valence-electron chi connectivity index (χ3n) is 2.23. The van der Waals surface area contributed by atoms with Gasteiger partial charge in [0.2, 0.25) is 0 Å². The number of benzene rings is 1. The van der Waals surface area contributed by atoms with Crippen molar-refractivity contribution in [2.45, 2.75) is 11.7 Å². The summed E-state index contributed by atoms with van der Waals surface area (Å²) in [5.74, 6) is 1.63. The molecule has 1 aliphatic rings. The van der Waals surface area contributed by atoms with E-state index in [1.807, 2.05) is 12.1 Å². The van der Waals surface area contributed by atoms with Gasteiger partial charge in [-0.25, -0.2) is 0 Å². The first kappa shape index (κ1) is 9.90. The highest BCUT2D eigenvalue weighted by molar-refractivity contribution is 9.08. The molecule has 0 bridgehead atoms. The quantitative estimate of drug-likeness (QED) is 0.592. The lowest BCUT2D eigenvalue weighted by Gasteiger charge is -2.20. The number of hydrogen-bond donors (Lipinski definition) is 0. The number of alkyl halides is 1. The SMILES string of the molecule is [B]Cc1cc2c(cc1CBr)OCCO2. The Bertz CT molecular complexity index is 297. The summed E-state index contributed by atoms with van der Waals surface area (Å²) >= 11 is 3.43. The maximum atomic E-state index is 5.64. The standard InChI is InChI=1S/C10H10BBrO2/c11-5-7-3-9-10(4-8(7)6-12)14-2-1-13-9/h3-4H,1-2,5-6H2. The van der Waals surface area contributed by atoms with Crippen molar-refractivity contribution in [1.29, 1.82) is 0 Å². The molecule has 1 aromatic rings. The number of ether oxygens (including phenoxy) is 2. The Morgan fingerprint density at radius 3 is 2.21 bits per heavy atom. The molecule has 0 spiro atoms. The van der Waals surface area contributed by atoms with E-state index in [0.717, 1.165) is 28.0 Å². The molecular formula is C10H10BBrO2. The smallest absolute Gasteiger partial charge is 0.161 e. The van der Waals surface area contributed by atoms with Crippen LogP contribution < -0.4 is 9.47 Å². The number of fused-ring (bicyclic) bond motifs is 1. The van der Waals surface area contributed by atoms with Crippen molar-refractivity contribution < 1.29 is 9.47 Å². The van der Waals surface area contributed by atoms with E-state index >= 15 is 0 Å². The largest absolute Gasteiger partial charge is 0.486 e. The Kier molecular flexibility index (Phi) is 3.01. The van der Waals surface area contributed by atoms with Crippen molar-refractivity contribution in [3.8, 4) is 11.5 Å². The molecule has 4 heteroatoms. The van der Waals surface area contributed by atoms with E-state index < -0.39 is 0 Å². The Morgan fingerprint density at radius 2 is 1.71 bits per heavy atom. The summed E-state index contributed by atoms with van der Waals surface area (Å²) in [5, 5.41) is 0.788. The summed E-state index contributed by atoms with van der Waals surface area (Å²) in [7, 11) is 5.64. The number of rotatable bonds is 2. The highest BCUT2D eigenvalue weighted by Gasteiger charge is 2.14. The van der Waals surface area contributed by atoms with Gasteiger partial charge in [0.1, 0.15) is 13.2 Å². The van der Waals surface area contributed by atoms with Gasteiger partial charge in [-0.3, -0.25) is 0 Å². The predicted molar refractivity (Wildman–Crippen MR) is 59.5 cm³/mol. The molecule has 0 aliphatic carbocycles. The third-order valence-corrected chi connectivity index (χ3v) is 2.83. The summed E-state index contributed by atoms with van der Waals surface area (Å²) < 4.78 is 10.9. The lowest BCUT2D eigenvalue weighted by molar-refractivity contribution is 0.171. The summed E-state index contributed by atoms with van der Waals surface area (Å²) in [4.78, 5) is 0. The van der Waals surface area contributed by atoms with E-state index in [9.17, 15) is 0 Å². The van der Waals surface area contributed by atoms with Gasteiger partial charge in [0.25, 0.3) is 0 Å². The zero-order valence-corrected chi connectivity index (χ0v) is 9.34. The Hall–Kier alpha value is -0.635. The maximum absolute atomic E-state index is 5.64. The first-order valence-corrected chi connectivity index (χ1v) is 5.64. The van der Waals surface area contributed by atoms with Crippen LogP contribution in [0.4, 0.5) is 0 Å². The zero-order valence-electron chi connectivity index (χ0n) is 7.75. The fourth-order valence-electron chi connectivity index (χ4n) is 1.49. The minimum absolute atomic E-state index is 0.525. The molecule has 1 aromatic carbocycles. The first-order chi connectivity index (χ1) is 6.85. The average molecular weight is 253 g/mol. The van der Waals surface area contributed by atoms with Crippen molar-refractivity contribution in [1.82, 2.24) is 0 Å². The molecule has 0 saturated heterocycles. The lowest BCUT2D eigenvalue weighted by atomic mass is 9.93. The van der Waals surface area contributed by atoms with Crippen molar-refractivity contribution >= 4 is 23.8 Å². The van der Waals surface area contributed by atoms with Crippen molar-refractivity contribution in [3.63, 3.8) is 0 Å². The number of halogens is 1. The van der Waals surface area contributed by atoms with Crippen molar-refractivity contribution in [2.75, 3.05) is 13.2 Å². The van der Waals surface area contributed by atoms with Crippen LogP contribution in [0.15, 0.2) is 12.1 Å². The van der Waals surface area contributed by atoms with Crippen LogP contribution in [-0.4, -0.2) is 21.1 Å². The minimum atomic E-state index is 0.525. The van der Waals surface area contributed by atoms with E-state index in [4.69, 9.17) is 17.3 Å². The van der Waals surface area contributed by atoms with Gasteiger partial charge < -0.3 is 9.47 Å². The van der Waals surface area contributed by atoms with Crippen LogP contribution in [0.3, 0.4) is 0 Å². The molecule has 2 nitrogen and oxygen atoms in total. The predicted octanol–water partition coefficient (Wildman–Crippen LogP) is 2.02. The Morgan fingerprint density at radius 1 is 1.14 bits per heavy atom. The van der Waals surface area contributed by atoms with Crippen LogP contribution in [0, 0.1) is 0 Å². The van der Waals surface area contributed by atoms with Crippen molar-refractivity contribution in [2.24, 2.45) is 0 Å². The fourth-order valence-corrected chi connectivity index (χ4v) is 2.01. The average Bonchev–Trinajstić information content (AvgIpc) is 2.27. The van der Waals surface area contributed by atoms with Gasteiger partial charge in [0.15, 0.2) is 11.5 Å². The molecule has 72 valence electrons. The summed E-state index contributed by atoms with van der Waals surface area (Å²) in [6.07, 6.45) is 0.525. The maximum Gasteiger partial charge on any atom is 0.161 e. The molecule has 0 N–H and O–H groups in total. The fraction of sp³-hybridized carbons (Fsp3) is 0.400. The van der Waals surface area contributed by atoms with Gasteiger partial charge in [0.05, 0.1) is 7.85 Å². The zero-order chi connectivity index (χ0) is 9.97.